The maximum absolute atomic E-state index is 9.16. The van der Waals surface area contributed by atoms with Crippen LogP contribution in [0.5, 0.6) is 0 Å². The molecule has 0 aliphatic rings. The molecule has 4 aromatic heterocycles. The van der Waals surface area contributed by atoms with Crippen LogP contribution in [-0.2, 0) is 0 Å². The van der Waals surface area contributed by atoms with Crippen molar-refractivity contribution >= 4 is 5.65 Å². The van der Waals surface area contributed by atoms with Crippen LogP contribution in [-0.4, -0.2) is 24.6 Å². The minimum atomic E-state index is 0.381. The molecule has 4 heterocycles. The highest BCUT2D eigenvalue weighted by atomic mass is 15.1. The van der Waals surface area contributed by atoms with Crippen molar-refractivity contribution in [2.45, 2.75) is 6.92 Å². The van der Waals surface area contributed by atoms with Gasteiger partial charge in [-0.1, -0.05) is 0 Å². The summed E-state index contributed by atoms with van der Waals surface area (Å²) >= 11 is 0. The number of hydrogen-bond acceptors (Lipinski definition) is 4. The van der Waals surface area contributed by atoms with Crippen molar-refractivity contribution in [3.8, 4) is 28.5 Å². The maximum atomic E-state index is 9.16. The van der Waals surface area contributed by atoms with E-state index in [0.717, 1.165) is 33.7 Å². The third-order valence-electron chi connectivity index (χ3n) is 3.67. The molecule has 0 fully saturated rings. The van der Waals surface area contributed by atoms with Gasteiger partial charge >= 0.3 is 0 Å². The van der Waals surface area contributed by atoms with E-state index in [0.29, 0.717) is 5.69 Å². The predicted molar refractivity (Wildman–Crippen MR) is 85.5 cm³/mol. The summed E-state index contributed by atoms with van der Waals surface area (Å²) < 4.78 is 1.96. The van der Waals surface area contributed by atoms with E-state index in [4.69, 9.17) is 5.26 Å². The van der Waals surface area contributed by atoms with Gasteiger partial charge in [-0.15, -0.1) is 0 Å². The summed E-state index contributed by atoms with van der Waals surface area (Å²) in [4.78, 5) is 8.98. The van der Waals surface area contributed by atoms with Crippen LogP contribution in [0.15, 0.2) is 49.1 Å². The maximum Gasteiger partial charge on any atom is 0.141 e. The summed E-state index contributed by atoms with van der Waals surface area (Å²) in [5.74, 6) is 0. The van der Waals surface area contributed by atoms with E-state index >= 15 is 0 Å². The first kappa shape index (κ1) is 13.2. The number of aromatic amines is 1. The molecular formula is C17H12N6. The van der Waals surface area contributed by atoms with Gasteiger partial charge in [-0.05, 0) is 31.2 Å². The molecule has 0 aromatic carbocycles. The molecule has 0 atom stereocenters. The van der Waals surface area contributed by atoms with Crippen LogP contribution >= 0.6 is 0 Å². The van der Waals surface area contributed by atoms with Gasteiger partial charge < -0.3 is 4.40 Å². The molecule has 0 bridgehead atoms. The molecule has 6 nitrogen and oxygen atoms in total. The number of H-pyrrole nitrogens is 1. The van der Waals surface area contributed by atoms with Crippen molar-refractivity contribution in [2.24, 2.45) is 0 Å². The lowest BCUT2D eigenvalue weighted by molar-refractivity contribution is 1.09. The average molecular weight is 300 g/mol. The van der Waals surface area contributed by atoms with E-state index in [2.05, 4.69) is 26.2 Å². The second-order valence-corrected chi connectivity index (χ2v) is 5.25. The standard InChI is InChI=1S/C17H12N6/c1-11-10-23-5-4-12(6-16(23)21-11)17-15(13-8-19-20-9-13)3-2-14(7-18)22-17/h2-6,8-10H,1H3,(H,19,20). The Morgan fingerprint density at radius 2 is 2.09 bits per heavy atom. The van der Waals surface area contributed by atoms with Crippen molar-refractivity contribution in [3.63, 3.8) is 0 Å². The molecule has 4 rings (SSSR count). The van der Waals surface area contributed by atoms with Crippen LogP contribution in [0.4, 0.5) is 0 Å². The third-order valence-corrected chi connectivity index (χ3v) is 3.67. The second-order valence-electron chi connectivity index (χ2n) is 5.25. The van der Waals surface area contributed by atoms with Crippen molar-refractivity contribution in [3.05, 3.63) is 60.4 Å². The SMILES string of the molecule is Cc1cn2ccc(-c3nc(C#N)ccc3-c3cn[nH]c3)cc2n1. The fourth-order valence-electron chi connectivity index (χ4n) is 2.63. The van der Waals surface area contributed by atoms with Crippen LogP contribution in [0, 0.1) is 18.3 Å². The number of nitrogens with zero attached hydrogens (tertiary/aromatic N) is 5. The predicted octanol–water partition coefficient (Wildman–Crippen LogP) is 2.97. The molecule has 0 aliphatic heterocycles. The number of hydrogen-bond donors (Lipinski definition) is 1. The first-order chi connectivity index (χ1) is 11.2. The van der Waals surface area contributed by atoms with Crippen LogP contribution in [0.3, 0.4) is 0 Å². The van der Waals surface area contributed by atoms with Crippen LogP contribution in [0.2, 0.25) is 0 Å². The number of rotatable bonds is 2. The molecule has 0 saturated carbocycles. The normalized spacial score (nSPS) is 10.8. The van der Waals surface area contributed by atoms with Crippen LogP contribution < -0.4 is 0 Å². The number of nitrogens with one attached hydrogen (secondary N) is 1. The molecule has 6 heteroatoms. The third kappa shape index (κ3) is 2.24. The van der Waals surface area contributed by atoms with Crippen molar-refractivity contribution in [2.75, 3.05) is 0 Å². The summed E-state index contributed by atoms with van der Waals surface area (Å²) in [6.07, 6.45) is 7.47. The van der Waals surface area contributed by atoms with Gasteiger partial charge in [0.2, 0.25) is 0 Å². The average Bonchev–Trinajstić information content (AvgIpc) is 3.21. The fourth-order valence-corrected chi connectivity index (χ4v) is 2.63. The number of nitriles is 1. The molecule has 0 unspecified atom stereocenters. The number of fused-ring (bicyclic) bond motifs is 1. The lowest BCUT2D eigenvalue weighted by Gasteiger charge is -2.08. The Balaban J connectivity index is 1.96. The Morgan fingerprint density at radius 1 is 1.17 bits per heavy atom. The van der Waals surface area contributed by atoms with Gasteiger partial charge in [-0.2, -0.15) is 10.4 Å². The molecule has 4 aromatic rings. The first-order valence-electron chi connectivity index (χ1n) is 7.10. The molecular weight excluding hydrogens is 288 g/mol. The summed E-state index contributed by atoms with van der Waals surface area (Å²) in [5.41, 5.74) is 5.69. The van der Waals surface area contributed by atoms with E-state index in [9.17, 15) is 0 Å². The van der Waals surface area contributed by atoms with Gasteiger partial charge in [0.25, 0.3) is 0 Å². The number of aromatic nitrogens is 5. The molecule has 110 valence electrons. The summed E-state index contributed by atoms with van der Waals surface area (Å²) in [6, 6.07) is 9.65. The van der Waals surface area contributed by atoms with Gasteiger partial charge in [0.15, 0.2) is 0 Å². The Bertz CT molecular complexity index is 1040. The van der Waals surface area contributed by atoms with Gasteiger partial charge in [0, 0.05) is 35.3 Å². The van der Waals surface area contributed by atoms with E-state index in [-0.39, 0.29) is 0 Å². The second kappa shape index (κ2) is 5.07. The lowest BCUT2D eigenvalue weighted by Crippen LogP contribution is -1.93. The van der Waals surface area contributed by atoms with Gasteiger partial charge in [-0.25, -0.2) is 9.97 Å². The largest absolute Gasteiger partial charge is 0.307 e. The number of imidazole rings is 1. The molecule has 0 aliphatic carbocycles. The van der Waals surface area contributed by atoms with E-state index in [1.807, 2.05) is 48.1 Å². The molecule has 0 radical (unpaired) electrons. The van der Waals surface area contributed by atoms with Crippen LogP contribution in [0.1, 0.15) is 11.4 Å². The Kier molecular flexibility index (Phi) is 2.91. The van der Waals surface area contributed by atoms with Gasteiger partial charge in [0.1, 0.15) is 17.4 Å². The highest BCUT2D eigenvalue weighted by Crippen LogP contribution is 2.30. The van der Waals surface area contributed by atoms with Gasteiger partial charge in [0.05, 0.1) is 17.6 Å². The zero-order valence-corrected chi connectivity index (χ0v) is 12.4. The van der Waals surface area contributed by atoms with E-state index in [1.165, 1.54) is 0 Å². The zero-order chi connectivity index (χ0) is 15.8. The summed E-state index contributed by atoms with van der Waals surface area (Å²) in [5, 5.41) is 16.0. The molecule has 0 amide bonds. The highest BCUT2D eigenvalue weighted by Gasteiger charge is 2.12. The van der Waals surface area contributed by atoms with E-state index < -0.39 is 0 Å². The lowest BCUT2D eigenvalue weighted by atomic mass is 10.0. The van der Waals surface area contributed by atoms with Crippen molar-refractivity contribution in [1.82, 2.24) is 24.6 Å². The monoisotopic (exact) mass is 300 g/mol. The smallest absolute Gasteiger partial charge is 0.141 e. The summed E-state index contributed by atoms with van der Waals surface area (Å²) in [7, 11) is 0. The first-order valence-corrected chi connectivity index (χ1v) is 7.10. The summed E-state index contributed by atoms with van der Waals surface area (Å²) in [6.45, 7) is 1.96. The quantitative estimate of drug-likeness (QED) is 0.617. The minimum absolute atomic E-state index is 0.381. The molecule has 1 N–H and O–H groups in total. The topological polar surface area (TPSA) is 82.7 Å². The fraction of sp³-hybridized carbons (Fsp3) is 0.0588. The molecule has 0 spiro atoms. The molecule has 23 heavy (non-hydrogen) atoms. The number of pyridine rings is 2. The van der Waals surface area contributed by atoms with E-state index in [1.54, 1.807) is 12.3 Å². The van der Waals surface area contributed by atoms with Crippen LogP contribution in [0.25, 0.3) is 28.0 Å². The van der Waals surface area contributed by atoms with Gasteiger partial charge in [-0.3, -0.25) is 5.10 Å². The molecule has 0 saturated heterocycles. The minimum Gasteiger partial charge on any atom is -0.307 e. The Labute approximate surface area is 132 Å². The Hall–Kier alpha value is -3.46. The van der Waals surface area contributed by atoms with Crippen molar-refractivity contribution in [1.29, 1.82) is 5.26 Å². The highest BCUT2D eigenvalue weighted by molar-refractivity contribution is 5.81. The zero-order valence-electron chi connectivity index (χ0n) is 12.4. The van der Waals surface area contributed by atoms with Crippen molar-refractivity contribution < 1.29 is 0 Å². The Morgan fingerprint density at radius 3 is 2.87 bits per heavy atom. The number of aryl methyl sites for hydroxylation is 1.